The molecule has 0 aliphatic carbocycles. The second kappa shape index (κ2) is 6.48. The Morgan fingerprint density at radius 3 is 2.94 bits per heavy atom. The Labute approximate surface area is 115 Å². The number of hydrogen-bond acceptors (Lipinski definition) is 3. The lowest BCUT2D eigenvalue weighted by molar-refractivity contribution is 0.420. The van der Waals surface area contributed by atoms with Crippen molar-refractivity contribution in [3.05, 3.63) is 24.3 Å². The third kappa shape index (κ3) is 3.42. The molecule has 1 unspecified atom stereocenters. The summed E-state index contributed by atoms with van der Waals surface area (Å²) in [4.78, 5) is 3.88. The van der Waals surface area contributed by atoms with E-state index in [4.69, 9.17) is 0 Å². The summed E-state index contributed by atoms with van der Waals surface area (Å²) in [5.74, 6) is 0.689. The summed E-state index contributed by atoms with van der Waals surface area (Å²) in [6, 6.07) is 9.51. The Hall–Kier alpha value is -0.670. The predicted molar refractivity (Wildman–Crippen MR) is 81.7 cm³/mol. The standard InChI is InChI=1S/C15H24N2S/c1-12(2)15-11-17(9-5-8-16-15)13-6-4-7-14(10-13)18-3/h4,6-7,10,12,15-16H,5,8-9,11H2,1-3H3. The van der Waals surface area contributed by atoms with Crippen molar-refractivity contribution in [1.29, 1.82) is 0 Å². The van der Waals surface area contributed by atoms with E-state index >= 15 is 0 Å². The van der Waals surface area contributed by atoms with Crippen molar-refractivity contribution in [2.24, 2.45) is 5.92 Å². The minimum Gasteiger partial charge on any atom is -0.370 e. The van der Waals surface area contributed by atoms with E-state index in [9.17, 15) is 0 Å². The van der Waals surface area contributed by atoms with E-state index in [1.54, 1.807) is 0 Å². The van der Waals surface area contributed by atoms with Crippen molar-refractivity contribution >= 4 is 17.4 Å². The monoisotopic (exact) mass is 264 g/mol. The van der Waals surface area contributed by atoms with E-state index in [1.807, 2.05) is 11.8 Å². The molecule has 1 aliphatic heterocycles. The molecule has 2 rings (SSSR count). The van der Waals surface area contributed by atoms with Crippen LogP contribution in [0.2, 0.25) is 0 Å². The highest BCUT2D eigenvalue weighted by Gasteiger charge is 2.20. The summed E-state index contributed by atoms with van der Waals surface area (Å²) in [5.41, 5.74) is 1.37. The van der Waals surface area contributed by atoms with Crippen LogP contribution in [-0.4, -0.2) is 31.9 Å². The van der Waals surface area contributed by atoms with Gasteiger partial charge in [-0.15, -0.1) is 11.8 Å². The van der Waals surface area contributed by atoms with Gasteiger partial charge < -0.3 is 10.2 Å². The zero-order valence-corrected chi connectivity index (χ0v) is 12.5. The quantitative estimate of drug-likeness (QED) is 0.844. The van der Waals surface area contributed by atoms with Gasteiger partial charge in [0.15, 0.2) is 0 Å². The van der Waals surface area contributed by atoms with Crippen molar-refractivity contribution in [2.45, 2.75) is 31.2 Å². The average Bonchev–Trinajstić information content (AvgIpc) is 2.64. The Bertz CT molecular complexity index is 379. The minimum atomic E-state index is 0.602. The predicted octanol–water partition coefficient (Wildman–Crippen LogP) is 3.23. The van der Waals surface area contributed by atoms with Gasteiger partial charge in [0.2, 0.25) is 0 Å². The highest BCUT2D eigenvalue weighted by molar-refractivity contribution is 7.98. The first-order valence-corrected chi connectivity index (χ1v) is 8.05. The smallest absolute Gasteiger partial charge is 0.0377 e. The van der Waals surface area contributed by atoms with E-state index in [0.29, 0.717) is 12.0 Å². The lowest BCUT2D eigenvalue weighted by atomic mass is 10.0. The van der Waals surface area contributed by atoms with Crippen molar-refractivity contribution in [2.75, 3.05) is 30.8 Å². The van der Waals surface area contributed by atoms with Gasteiger partial charge in [-0.2, -0.15) is 0 Å². The molecule has 3 heteroatoms. The number of anilines is 1. The molecule has 1 heterocycles. The highest BCUT2D eigenvalue weighted by Crippen LogP contribution is 2.23. The first-order valence-electron chi connectivity index (χ1n) is 6.83. The maximum absolute atomic E-state index is 3.66. The molecule has 0 spiro atoms. The fraction of sp³-hybridized carbons (Fsp3) is 0.600. The van der Waals surface area contributed by atoms with Crippen LogP contribution in [0.5, 0.6) is 0 Å². The molecule has 1 aromatic carbocycles. The molecule has 18 heavy (non-hydrogen) atoms. The lowest BCUT2D eigenvalue weighted by Crippen LogP contribution is -2.41. The number of thioether (sulfide) groups is 1. The van der Waals surface area contributed by atoms with Gasteiger partial charge in [-0.05, 0) is 43.3 Å². The van der Waals surface area contributed by atoms with Crippen LogP contribution < -0.4 is 10.2 Å². The molecular weight excluding hydrogens is 240 g/mol. The largest absolute Gasteiger partial charge is 0.370 e. The Balaban J connectivity index is 2.14. The normalized spacial score (nSPS) is 21.1. The Kier molecular flexibility index (Phi) is 4.95. The number of rotatable bonds is 3. The summed E-state index contributed by atoms with van der Waals surface area (Å²) < 4.78 is 0. The lowest BCUT2D eigenvalue weighted by Gasteiger charge is -2.28. The average molecular weight is 264 g/mol. The van der Waals surface area contributed by atoms with Crippen LogP contribution in [-0.2, 0) is 0 Å². The molecule has 1 N–H and O–H groups in total. The summed E-state index contributed by atoms with van der Waals surface area (Å²) in [7, 11) is 0. The molecule has 2 nitrogen and oxygen atoms in total. The van der Waals surface area contributed by atoms with Crippen molar-refractivity contribution in [3.8, 4) is 0 Å². The number of nitrogens with zero attached hydrogens (tertiary/aromatic N) is 1. The van der Waals surface area contributed by atoms with Crippen LogP contribution in [0.1, 0.15) is 20.3 Å². The van der Waals surface area contributed by atoms with Crippen LogP contribution in [0.15, 0.2) is 29.2 Å². The zero-order chi connectivity index (χ0) is 13.0. The van der Waals surface area contributed by atoms with Gasteiger partial charge in [0.1, 0.15) is 0 Å². The molecule has 0 aromatic heterocycles. The first-order chi connectivity index (χ1) is 8.70. The van der Waals surface area contributed by atoms with Crippen LogP contribution >= 0.6 is 11.8 Å². The number of hydrogen-bond donors (Lipinski definition) is 1. The fourth-order valence-corrected chi connectivity index (χ4v) is 2.89. The second-order valence-corrected chi connectivity index (χ2v) is 6.19. The Morgan fingerprint density at radius 1 is 1.39 bits per heavy atom. The van der Waals surface area contributed by atoms with Gasteiger partial charge in [0.25, 0.3) is 0 Å². The maximum atomic E-state index is 3.66. The van der Waals surface area contributed by atoms with Crippen LogP contribution in [0, 0.1) is 5.92 Å². The summed E-state index contributed by atoms with van der Waals surface area (Å²) in [5, 5.41) is 3.66. The molecule has 1 atom stereocenters. The van der Waals surface area contributed by atoms with Crippen molar-refractivity contribution in [3.63, 3.8) is 0 Å². The summed E-state index contributed by atoms with van der Waals surface area (Å²) in [6.45, 7) is 8.03. The highest BCUT2D eigenvalue weighted by atomic mass is 32.2. The van der Waals surface area contributed by atoms with Crippen LogP contribution in [0.4, 0.5) is 5.69 Å². The van der Waals surface area contributed by atoms with Gasteiger partial charge in [-0.3, -0.25) is 0 Å². The molecule has 0 radical (unpaired) electrons. The molecule has 0 saturated carbocycles. The summed E-state index contributed by atoms with van der Waals surface area (Å²) in [6.07, 6.45) is 3.37. The third-order valence-electron chi connectivity index (χ3n) is 3.65. The molecule has 1 saturated heterocycles. The van der Waals surface area contributed by atoms with Gasteiger partial charge in [0, 0.05) is 29.7 Å². The molecule has 0 amide bonds. The van der Waals surface area contributed by atoms with Gasteiger partial charge in [-0.1, -0.05) is 19.9 Å². The van der Waals surface area contributed by atoms with Crippen LogP contribution in [0.25, 0.3) is 0 Å². The maximum Gasteiger partial charge on any atom is 0.0377 e. The molecule has 1 aromatic rings. The molecule has 100 valence electrons. The van der Waals surface area contributed by atoms with E-state index in [0.717, 1.165) is 19.6 Å². The third-order valence-corrected chi connectivity index (χ3v) is 4.38. The number of nitrogens with one attached hydrogen (secondary N) is 1. The van der Waals surface area contributed by atoms with Crippen LogP contribution in [0.3, 0.4) is 0 Å². The minimum absolute atomic E-state index is 0.602. The first kappa shape index (κ1) is 13.8. The molecule has 1 fully saturated rings. The summed E-state index contributed by atoms with van der Waals surface area (Å²) >= 11 is 1.82. The topological polar surface area (TPSA) is 15.3 Å². The van der Waals surface area contributed by atoms with Gasteiger partial charge in [-0.25, -0.2) is 0 Å². The van der Waals surface area contributed by atoms with E-state index in [-0.39, 0.29) is 0 Å². The molecule has 0 bridgehead atoms. The second-order valence-electron chi connectivity index (χ2n) is 5.31. The van der Waals surface area contributed by atoms with E-state index in [2.05, 4.69) is 54.6 Å². The van der Waals surface area contributed by atoms with Crippen molar-refractivity contribution in [1.82, 2.24) is 5.32 Å². The van der Waals surface area contributed by atoms with E-state index in [1.165, 1.54) is 17.0 Å². The molecule has 1 aliphatic rings. The fourth-order valence-electron chi connectivity index (χ4n) is 2.44. The van der Waals surface area contributed by atoms with Gasteiger partial charge in [0.05, 0.1) is 0 Å². The SMILES string of the molecule is CSc1cccc(N2CCCNC(C(C)C)C2)c1. The van der Waals surface area contributed by atoms with E-state index < -0.39 is 0 Å². The zero-order valence-electron chi connectivity index (χ0n) is 11.6. The van der Waals surface area contributed by atoms with Gasteiger partial charge >= 0.3 is 0 Å². The molecular formula is C15H24N2S. The van der Waals surface area contributed by atoms with Crippen molar-refractivity contribution < 1.29 is 0 Å². The Morgan fingerprint density at radius 2 is 2.22 bits per heavy atom. The number of benzene rings is 1.